The number of allylic oxidation sites excluding steroid dienone is 1. The van der Waals surface area contributed by atoms with Gasteiger partial charge in [-0.2, -0.15) is 0 Å². The first-order valence-corrected chi connectivity index (χ1v) is 13.7. The van der Waals surface area contributed by atoms with Gasteiger partial charge in [0.05, 0.1) is 39.5 Å². The Balaban J connectivity index is 1.81. The lowest BCUT2D eigenvalue weighted by Crippen LogP contribution is -2.40. The predicted octanol–water partition coefficient (Wildman–Crippen LogP) is 4.66. The normalized spacial score (nSPS) is 15.2. The SMILES string of the molecule is CCCCCOc1ccc(C2C(C(=O)OC(C)C)=C(C)N=c3s/c(=C\c4cccc([N+](=O)[O-])c4)c(=O)n32)cc1. The summed E-state index contributed by atoms with van der Waals surface area (Å²) in [4.78, 5) is 42.7. The summed E-state index contributed by atoms with van der Waals surface area (Å²) in [6.07, 6.45) is 4.42. The van der Waals surface area contributed by atoms with E-state index >= 15 is 0 Å². The number of non-ortho nitro benzene ring substituents is 1. The minimum absolute atomic E-state index is 0.0685. The number of nitro groups is 1. The third kappa shape index (κ3) is 6.34. The lowest BCUT2D eigenvalue weighted by Gasteiger charge is -2.25. The zero-order chi connectivity index (χ0) is 28.1. The molecular weight excluding hydrogens is 518 g/mol. The fraction of sp³-hybridized carbons (Fsp3) is 0.345. The number of nitro benzene ring substituents is 1. The zero-order valence-electron chi connectivity index (χ0n) is 22.4. The molecule has 2 aromatic carbocycles. The van der Waals surface area contributed by atoms with Crippen LogP contribution < -0.4 is 19.6 Å². The second-order valence-corrected chi connectivity index (χ2v) is 10.5. The summed E-state index contributed by atoms with van der Waals surface area (Å²) in [5.41, 5.74) is 1.57. The number of fused-ring (bicyclic) bond motifs is 1. The number of hydrogen-bond donors (Lipinski definition) is 0. The van der Waals surface area contributed by atoms with Crippen molar-refractivity contribution in [1.29, 1.82) is 0 Å². The van der Waals surface area contributed by atoms with E-state index in [4.69, 9.17) is 9.47 Å². The van der Waals surface area contributed by atoms with Gasteiger partial charge in [0.25, 0.3) is 11.2 Å². The highest BCUT2D eigenvalue weighted by Gasteiger charge is 2.33. The zero-order valence-corrected chi connectivity index (χ0v) is 23.2. The van der Waals surface area contributed by atoms with Gasteiger partial charge in [0.1, 0.15) is 5.75 Å². The number of nitrogens with zero attached hydrogens (tertiary/aromatic N) is 3. The molecule has 1 aliphatic rings. The quantitative estimate of drug-likeness (QED) is 0.157. The van der Waals surface area contributed by atoms with Gasteiger partial charge in [-0.05, 0) is 56.5 Å². The van der Waals surface area contributed by atoms with Gasteiger partial charge in [0.15, 0.2) is 4.80 Å². The van der Waals surface area contributed by atoms with E-state index in [2.05, 4.69) is 11.9 Å². The van der Waals surface area contributed by atoms with Crippen molar-refractivity contribution in [3.63, 3.8) is 0 Å². The van der Waals surface area contributed by atoms with Crippen LogP contribution in [0.3, 0.4) is 0 Å². The number of esters is 1. The first-order chi connectivity index (χ1) is 18.7. The molecule has 1 unspecified atom stereocenters. The Hall–Kier alpha value is -4.05. The Bertz CT molecular complexity index is 1580. The minimum Gasteiger partial charge on any atom is -0.494 e. The smallest absolute Gasteiger partial charge is 0.338 e. The molecule has 0 spiro atoms. The molecule has 0 aliphatic carbocycles. The van der Waals surface area contributed by atoms with Gasteiger partial charge in [-0.25, -0.2) is 9.79 Å². The third-order valence-electron chi connectivity index (χ3n) is 6.18. The van der Waals surface area contributed by atoms with Crippen molar-refractivity contribution in [2.45, 2.75) is 59.1 Å². The molecule has 0 N–H and O–H groups in total. The van der Waals surface area contributed by atoms with E-state index in [1.54, 1.807) is 39.0 Å². The van der Waals surface area contributed by atoms with Crippen LogP contribution in [0.2, 0.25) is 0 Å². The molecule has 10 heteroatoms. The Morgan fingerprint density at radius 2 is 1.95 bits per heavy atom. The van der Waals surface area contributed by atoms with Crippen LogP contribution in [0, 0.1) is 10.1 Å². The van der Waals surface area contributed by atoms with E-state index in [0.29, 0.717) is 38.5 Å². The highest BCUT2D eigenvalue weighted by molar-refractivity contribution is 7.07. The Labute approximate surface area is 229 Å². The average Bonchev–Trinajstić information content (AvgIpc) is 3.20. The lowest BCUT2D eigenvalue weighted by molar-refractivity contribution is -0.384. The van der Waals surface area contributed by atoms with Crippen LogP contribution in [0.25, 0.3) is 6.08 Å². The second-order valence-electron chi connectivity index (χ2n) is 9.51. The summed E-state index contributed by atoms with van der Waals surface area (Å²) in [7, 11) is 0. The van der Waals surface area contributed by atoms with Gasteiger partial charge in [0.2, 0.25) is 0 Å². The fourth-order valence-electron chi connectivity index (χ4n) is 4.34. The molecule has 1 aliphatic heterocycles. The molecule has 0 bridgehead atoms. The molecule has 0 fully saturated rings. The van der Waals surface area contributed by atoms with E-state index in [0.717, 1.165) is 19.3 Å². The fourth-order valence-corrected chi connectivity index (χ4v) is 5.39. The van der Waals surface area contributed by atoms with E-state index in [-0.39, 0.29) is 22.9 Å². The number of aromatic nitrogens is 1. The maximum atomic E-state index is 13.7. The van der Waals surface area contributed by atoms with Crippen molar-refractivity contribution in [3.05, 3.63) is 101 Å². The summed E-state index contributed by atoms with van der Waals surface area (Å²) in [6, 6.07) is 12.7. The van der Waals surface area contributed by atoms with E-state index in [1.165, 1.54) is 28.0 Å². The first-order valence-electron chi connectivity index (χ1n) is 12.9. The van der Waals surface area contributed by atoms with Gasteiger partial charge in [-0.15, -0.1) is 0 Å². The molecule has 0 radical (unpaired) electrons. The van der Waals surface area contributed by atoms with Gasteiger partial charge in [-0.1, -0.05) is 55.4 Å². The van der Waals surface area contributed by atoms with Crippen molar-refractivity contribution >= 4 is 29.1 Å². The molecule has 1 atom stereocenters. The minimum atomic E-state index is -0.756. The van der Waals surface area contributed by atoms with Crippen LogP contribution in [0.15, 0.2) is 69.6 Å². The molecule has 39 heavy (non-hydrogen) atoms. The number of hydrogen-bond acceptors (Lipinski definition) is 8. The van der Waals surface area contributed by atoms with Crippen LogP contribution in [-0.4, -0.2) is 28.2 Å². The van der Waals surface area contributed by atoms with Crippen molar-refractivity contribution in [3.8, 4) is 5.75 Å². The van der Waals surface area contributed by atoms with Crippen LogP contribution in [-0.2, 0) is 9.53 Å². The number of carbonyl (C=O) groups is 1. The summed E-state index contributed by atoms with van der Waals surface area (Å²) >= 11 is 1.17. The molecule has 0 saturated carbocycles. The van der Waals surface area contributed by atoms with E-state index < -0.39 is 16.9 Å². The first kappa shape index (κ1) is 28.0. The molecule has 204 valence electrons. The molecule has 0 amide bonds. The number of unbranched alkanes of at least 4 members (excludes halogenated alkanes) is 2. The molecule has 3 aromatic rings. The Morgan fingerprint density at radius 1 is 1.21 bits per heavy atom. The number of carbonyl (C=O) groups excluding carboxylic acids is 1. The number of benzene rings is 2. The standard InChI is InChI=1S/C29H31N3O6S/c1-5-6-7-15-37-23-13-11-21(12-14-23)26-25(28(34)38-18(2)3)19(4)30-29-31(26)27(33)24(39-29)17-20-9-8-10-22(16-20)32(35)36/h8-14,16-18,26H,5-7,15H2,1-4H3/b24-17-. The summed E-state index contributed by atoms with van der Waals surface area (Å²) in [5.74, 6) is 0.170. The number of thiazole rings is 1. The van der Waals surface area contributed by atoms with Crippen molar-refractivity contribution in [1.82, 2.24) is 4.57 Å². The van der Waals surface area contributed by atoms with Gasteiger partial charge in [-0.3, -0.25) is 19.5 Å². The third-order valence-corrected chi connectivity index (χ3v) is 7.16. The van der Waals surface area contributed by atoms with Crippen molar-refractivity contribution < 1.29 is 19.2 Å². The summed E-state index contributed by atoms with van der Waals surface area (Å²) in [5, 5.41) is 11.2. The number of ether oxygens (including phenoxy) is 2. The van der Waals surface area contributed by atoms with E-state index in [1.807, 2.05) is 24.3 Å². The van der Waals surface area contributed by atoms with Crippen molar-refractivity contribution in [2.24, 2.45) is 4.99 Å². The lowest BCUT2D eigenvalue weighted by atomic mass is 9.96. The molecule has 4 rings (SSSR count). The van der Waals surface area contributed by atoms with Crippen molar-refractivity contribution in [2.75, 3.05) is 6.61 Å². The Morgan fingerprint density at radius 3 is 2.62 bits per heavy atom. The maximum absolute atomic E-state index is 13.7. The van der Waals surface area contributed by atoms with Crippen LogP contribution >= 0.6 is 11.3 Å². The highest BCUT2D eigenvalue weighted by atomic mass is 32.1. The average molecular weight is 550 g/mol. The molecule has 9 nitrogen and oxygen atoms in total. The second kappa shape index (κ2) is 12.2. The van der Waals surface area contributed by atoms with Gasteiger partial charge >= 0.3 is 5.97 Å². The molecule has 0 saturated heterocycles. The van der Waals surface area contributed by atoms with Gasteiger partial charge in [0, 0.05) is 12.1 Å². The molecule has 1 aromatic heterocycles. The largest absolute Gasteiger partial charge is 0.494 e. The van der Waals surface area contributed by atoms with Gasteiger partial charge < -0.3 is 9.47 Å². The number of rotatable bonds is 10. The topological polar surface area (TPSA) is 113 Å². The molecular formula is C29H31N3O6S. The summed E-state index contributed by atoms with van der Waals surface area (Å²) in [6.45, 7) is 8.01. The Kier molecular flexibility index (Phi) is 8.75. The van der Waals surface area contributed by atoms with E-state index in [9.17, 15) is 19.7 Å². The predicted molar refractivity (Wildman–Crippen MR) is 150 cm³/mol. The van der Waals surface area contributed by atoms with Crippen LogP contribution in [0.1, 0.15) is 64.1 Å². The molecule has 2 heterocycles. The monoisotopic (exact) mass is 549 g/mol. The summed E-state index contributed by atoms with van der Waals surface area (Å²) < 4.78 is 13.2. The van der Waals surface area contributed by atoms with Crippen LogP contribution in [0.4, 0.5) is 5.69 Å². The maximum Gasteiger partial charge on any atom is 0.338 e. The highest BCUT2D eigenvalue weighted by Crippen LogP contribution is 2.32. The van der Waals surface area contributed by atoms with Crippen LogP contribution in [0.5, 0.6) is 5.75 Å².